The monoisotopic (exact) mass is 260 g/mol. The van der Waals surface area contributed by atoms with E-state index in [1.165, 1.54) is 25.4 Å². The molecule has 1 unspecified atom stereocenters. The van der Waals surface area contributed by atoms with E-state index in [4.69, 9.17) is 10.6 Å². The molecule has 1 atom stereocenters. The van der Waals surface area contributed by atoms with Crippen molar-refractivity contribution >= 4 is 15.8 Å². The van der Waals surface area contributed by atoms with Gasteiger partial charge in [-0.2, -0.15) is 0 Å². The fraction of sp³-hybridized carbons (Fsp3) is 0.444. The number of hydrogen-bond acceptors (Lipinski definition) is 6. The maximum absolute atomic E-state index is 11.9. The number of nitrogens with one attached hydrogen (secondary N) is 2. The van der Waals surface area contributed by atoms with E-state index >= 15 is 0 Å². The summed E-state index contributed by atoms with van der Waals surface area (Å²) in [6.45, 7) is 1.97. The molecule has 4 N–H and O–H groups in total. The molecule has 0 aliphatic heterocycles. The zero-order chi connectivity index (χ0) is 12.9. The van der Waals surface area contributed by atoms with Crippen LogP contribution in [-0.4, -0.2) is 33.2 Å². The highest BCUT2D eigenvalue weighted by molar-refractivity contribution is 7.89. The van der Waals surface area contributed by atoms with Gasteiger partial charge in [-0.3, -0.25) is 0 Å². The second-order valence-electron chi connectivity index (χ2n) is 3.42. The highest BCUT2D eigenvalue weighted by Crippen LogP contribution is 2.11. The molecule has 1 heterocycles. The van der Waals surface area contributed by atoms with Crippen molar-refractivity contribution in [2.75, 3.05) is 19.1 Å². The van der Waals surface area contributed by atoms with E-state index in [1.807, 2.05) is 0 Å². The number of hydrazine groups is 1. The Morgan fingerprint density at radius 1 is 1.59 bits per heavy atom. The van der Waals surface area contributed by atoms with Crippen molar-refractivity contribution in [2.45, 2.75) is 17.9 Å². The summed E-state index contributed by atoms with van der Waals surface area (Å²) in [5.41, 5.74) is 2.29. The predicted octanol–water partition coefficient (Wildman–Crippen LogP) is -0.320. The molecule has 0 aliphatic rings. The minimum atomic E-state index is -3.56. The number of nitrogens with two attached hydrogens (primary N) is 1. The number of rotatable bonds is 6. The van der Waals surface area contributed by atoms with Crippen LogP contribution >= 0.6 is 0 Å². The normalized spacial score (nSPS) is 13.4. The van der Waals surface area contributed by atoms with Crippen molar-refractivity contribution in [3.8, 4) is 0 Å². The first-order chi connectivity index (χ1) is 7.99. The molecule has 0 saturated heterocycles. The van der Waals surface area contributed by atoms with Crippen LogP contribution in [0.5, 0.6) is 0 Å². The number of methoxy groups -OCH3 is 1. The SMILES string of the molecule is COC(C)CNS(=O)(=O)c1ccnc(NN)c1. The summed E-state index contributed by atoms with van der Waals surface area (Å²) in [5.74, 6) is 5.44. The number of aromatic nitrogens is 1. The van der Waals surface area contributed by atoms with E-state index in [9.17, 15) is 8.42 Å². The van der Waals surface area contributed by atoms with Gasteiger partial charge in [0.25, 0.3) is 0 Å². The molecular weight excluding hydrogens is 244 g/mol. The molecular formula is C9H16N4O3S. The first-order valence-electron chi connectivity index (χ1n) is 4.94. The summed E-state index contributed by atoms with van der Waals surface area (Å²) in [6, 6.07) is 2.74. The topological polar surface area (TPSA) is 106 Å². The Morgan fingerprint density at radius 2 is 2.29 bits per heavy atom. The van der Waals surface area contributed by atoms with Gasteiger partial charge in [0.1, 0.15) is 5.82 Å². The van der Waals surface area contributed by atoms with Gasteiger partial charge in [-0.25, -0.2) is 24.0 Å². The molecule has 17 heavy (non-hydrogen) atoms. The van der Waals surface area contributed by atoms with Gasteiger partial charge in [0.15, 0.2) is 0 Å². The highest BCUT2D eigenvalue weighted by atomic mass is 32.2. The molecule has 1 aromatic heterocycles. The smallest absolute Gasteiger partial charge is 0.240 e. The fourth-order valence-corrected chi connectivity index (χ4v) is 2.18. The van der Waals surface area contributed by atoms with Gasteiger partial charge >= 0.3 is 0 Å². The average Bonchev–Trinajstić information content (AvgIpc) is 2.36. The van der Waals surface area contributed by atoms with Gasteiger partial charge in [-0.15, -0.1) is 0 Å². The minimum absolute atomic E-state index is 0.101. The molecule has 0 aliphatic carbocycles. The number of sulfonamides is 1. The fourth-order valence-electron chi connectivity index (χ4n) is 1.05. The average molecular weight is 260 g/mol. The van der Waals surface area contributed by atoms with E-state index in [0.717, 1.165) is 0 Å². The Kier molecular flexibility index (Phi) is 4.82. The first kappa shape index (κ1) is 13.8. The van der Waals surface area contributed by atoms with Gasteiger partial charge in [-0.05, 0) is 13.0 Å². The van der Waals surface area contributed by atoms with Crippen LogP contribution in [0.25, 0.3) is 0 Å². The Morgan fingerprint density at radius 3 is 2.88 bits per heavy atom. The predicted molar refractivity (Wildman–Crippen MR) is 63.7 cm³/mol. The molecule has 0 fully saturated rings. The maximum atomic E-state index is 11.9. The van der Waals surface area contributed by atoms with Crippen molar-refractivity contribution in [2.24, 2.45) is 5.84 Å². The molecule has 0 radical (unpaired) electrons. The van der Waals surface area contributed by atoms with Crippen molar-refractivity contribution in [3.05, 3.63) is 18.3 Å². The number of nitrogen functional groups attached to an aromatic ring is 1. The molecule has 96 valence electrons. The molecule has 0 amide bonds. The molecule has 1 rings (SSSR count). The lowest BCUT2D eigenvalue weighted by Crippen LogP contribution is -2.31. The minimum Gasteiger partial charge on any atom is -0.380 e. The summed E-state index contributed by atoms with van der Waals surface area (Å²) >= 11 is 0. The Balaban J connectivity index is 2.82. The standard InChI is InChI=1S/C9H16N4O3S/c1-7(16-2)6-12-17(14,15)8-3-4-11-9(5-8)13-10/h3-5,7,12H,6,10H2,1-2H3,(H,11,13). The van der Waals surface area contributed by atoms with Crippen LogP contribution in [-0.2, 0) is 14.8 Å². The first-order valence-corrected chi connectivity index (χ1v) is 6.43. The molecule has 0 aromatic carbocycles. The van der Waals surface area contributed by atoms with Crippen LogP contribution in [0.3, 0.4) is 0 Å². The summed E-state index contributed by atoms with van der Waals surface area (Å²) in [4.78, 5) is 3.93. The number of ether oxygens (including phenoxy) is 1. The quantitative estimate of drug-likeness (QED) is 0.478. The third-order valence-electron chi connectivity index (χ3n) is 2.15. The van der Waals surface area contributed by atoms with Crippen LogP contribution in [0.4, 0.5) is 5.82 Å². The van der Waals surface area contributed by atoms with Crippen LogP contribution < -0.4 is 16.0 Å². The molecule has 0 spiro atoms. The van der Waals surface area contributed by atoms with Gasteiger partial charge in [-0.1, -0.05) is 0 Å². The second kappa shape index (κ2) is 5.92. The summed E-state index contributed by atoms with van der Waals surface area (Å²) in [7, 11) is -2.05. The number of anilines is 1. The van der Waals surface area contributed by atoms with E-state index in [0.29, 0.717) is 0 Å². The van der Waals surface area contributed by atoms with E-state index in [-0.39, 0.29) is 23.4 Å². The van der Waals surface area contributed by atoms with Crippen LogP contribution in [0.2, 0.25) is 0 Å². The Labute approximate surface area is 100 Å². The van der Waals surface area contributed by atoms with Crippen LogP contribution in [0, 0.1) is 0 Å². The lowest BCUT2D eigenvalue weighted by Gasteiger charge is -2.11. The lowest BCUT2D eigenvalue weighted by molar-refractivity contribution is 0.122. The van der Waals surface area contributed by atoms with Crippen molar-refractivity contribution in [1.82, 2.24) is 9.71 Å². The van der Waals surface area contributed by atoms with Crippen molar-refractivity contribution in [3.63, 3.8) is 0 Å². The van der Waals surface area contributed by atoms with Crippen molar-refractivity contribution < 1.29 is 13.2 Å². The third kappa shape index (κ3) is 3.93. The second-order valence-corrected chi connectivity index (χ2v) is 5.19. The van der Waals surface area contributed by atoms with Crippen LogP contribution in [0.15, 0.2) is 23.2 Å². The van der Waals surface area contributed by atoms with Gasteiger partial charge < -0.3 is 10.2 Å². The van der Waals surface area contributed by atoms with Crippen molar-refractivity contribution in [1.29, 1.82) is 0 Å². The zero-order valence-electron chi connectivity index (χ0n) is 9.67. The zero-order valence-corrected chi connectivity index (χ0v) is 10.5. The number of pyridine rings is 1. The lowest BCUT2D eigenvalue weighted by atomic mass is 10.4. The summed E-state index contributed by atoms with van der Waals surface area (Å²) < 4.78 is 31.1. The molecule has 0 saturated carbocycles. The molecule has 0 bridgehead atoms. The Bertz CT molecular complexity index is 463. The highest BCUT2D eigenvalue weighted by Gasteiger charge is 2.15. The number of nitrogens with zero attached hydrogens (tertiary/aromatic N) is 1. The largest absolute Gasteiger partial charge is 0.380 e. The molecule has 1 aromatic rings. The molecule has 7 nitrogen and oxygen atoms in total. The van der Waals surface area contributed by atoms with E-state index in [2.05, 4.69) is 15.1 Å². The van der Waals surface area contributed by atoms with Gasteiger partial charge in [0.05, 0.1) is 11.0 Å². The summed E-state index contributed by atoms with van der Waals surface area (Å²) in [6.07, 6.45) is 1.17. The Hall–Kier alpha value is -1.22. The van der Waals surface area contributed by atoms with Gasteiger partial charge in [0, 0.05) is 25.9 Å². The van der Waals surface area contributed by atoms with E-state index < -0.39 is 10.0 Å². The molecule has 8 heteroatoms. The third-order valence-corrected chi connectivity index (χ3v) is 3.57. The number of hydrogen-bond donors (Lipinski definition) is 3. The summed E-state index contributed by atoms with van der Waals surface area (Å²) in [5, 5.41) is 0. The van der Waals surface area contributed by atoms with Gasteiger partial charge in [0.2, 0.25) is 10.0 Å². The van der Waals surface area contributed by atoms with E-state index in [1.54, 1.807) is 6.92 Å². The maximum Gasteiger partial charge on any atom is 0.240 e. The van der Waals surface area contributed by atoms with Crippen LogP contribution in [0.1, 0.15) is 6.92 Å².